The quantitative estimate of drug-likeness (QED) is 0.875. The summed E-state index contributed by atoms with van der Waals surface area (Å²) >= 11 is 5.84. The number of pyridine rings is 1. The molecule has 1 aliphatic heterocycles. The molecule has 2 heterocycles. The molecule has 0 amide bonds. The van der Waals surface area contributed by atoms with Crippen LogP contribution in [0.15, 0.2) is 23.4 Å². The average molecular weight is 298 g/mol. The Labute approximate surface area is 112 Å². The van der Waals surface area contributed by atoms with Crippen LogP contribution in [0.2, 0.25) is 5.02 Å². The molecule has 1 fully saturated rings. The van der Waals surface area contributed by atoms with Crippen LogP contribution in [0.3, 0.4) is 0 Å². The van der Waals surface area contributed by atoms with Gasteiger partial charge in [0.15, 0.2) is 5.03 Å². The Morgan fingerprint density at radius 2 is 2.00 bits per heavy atom. The summed E-state index contributed by atoms with van der Waals surface area (Å²) in [6.07, 6.45) is 1.43. The van der Waals surface area contributed by atoms with E-state index in [1.165, 1.54) is 16.6 Å². The van der Waals surface area contributed by atoms with E-state index in [0.29, 0.717) is 26.2 Å². The number of sulfonamides is 1. The van der Waals surface area contributed by atoms with Gasteiger partial charge in [-0.1, -0.05) is 11.6 Å². The van der Waals surface area contributed by atoms with Gasteiger partial charge in [-0.3, -0.25) is 0 Å². The van der Waals surface area contributed by atoms with Gasteiger partial charge in [0.05, 0.1) is 5.02 Å². The van der Waals surface area contributed by atoms with Gasteiger partial charge >= 0.3 is 0 Å². The van der Waals surface area contributed by atoms with E-state index in [1.54, 1.807) is 6.07 Å². The molecule has 0 atom stereocenters. The lowest BCUT2D eigenvalue weighted by molar-refractivity contribution is 0.359. The van der Waals surface area contributed by atoms with E-state index >= 15 is 0 Å². The Morgan fingerprint density at radius 3 is 2.59 bits per heavy atom. The lowest BCUT2D eigenvalue weighted by Gasteiger charge is -2.26. The zero-order valence-electron chi connectivity index (χ0n) is 8.97. The lowest BCUT2D eigenvalue weighted by atomic mass is 10.4. The summed E-state index contributed by atoms with van der Waals surface area (Å²) in [6, 6.07) is 3.14. The van der Waals surface area contributed by atoms with Gasteiger partial charge in [0.2, 0.25) is 0 Å². The van der Waals surface area contributed by atoms with Crippen molar-refractivity contribution in [3.63, 3.8) is 0 Å². The van der Waals surface area contributed by atoms with E-state index in [0.717, 1.165) is 0 Å². The Morgan fingerprint density at radius 1 is 1.35 bits per heavy atom. The SMILES string of the molecule is Cl.O=S(=O)(c1ncccc1Cl)N1CCNCC1. The first-order chi connectivity index (χ1) is 7.62. The molecular weight excluding hydrogens is 285 g/mol. The Bertz CT molecular complexity index is 475. The molecule has 0 bridgehead atoms. The van der Waals surface area contributed by atoms with Crippen molar-refractivity contribution >= 4 is 34.0 Å². The number of aromatic nitrogens is 1. The van der Waals surface area contributed by atoms with Crippen molar-refractivity contribution in [3.05, 3.63) is 23.4 Å². The zero-order valence-corrected chi connectivity index (χ0v) is 11.4. The van der Waals surface area contributed by atoms with Gasteiger partial charge in [-0.2, -0.15) is 4.31 Å². The van der Waals surface area contributed by atoms with E-state index in [1.807, 2.05) is 0 Å². The van der Waals surface area contributed by atoms with Crippen molar-refractivity contribution in [1.29, 1.82) is 0 Å². The lowest BCUT2D eigenvalue weighted by Crippen LogP contribution is -2.46. The van der Waals surface area contributed by atoms with Gasteiger partial charge in [0.1, 0.15) is 0 Å². The second kappa shape index (κ2) is 5.97. The summed E-state index contributed by atoms with van der Waals surface area (Å²) in [5.74, 6) is 0. The molecule has 17 heavy (non-hydrogen) atoms. The molecule has 96 valence electrons. The number of hydrogen-bond acceptors (Lipinski definition) is 4. The fourth-order valence-corrected chi connectivity index (χ4v) is 3.40. The maximum atomic E-state index is 12.2. The van der Waals surface area contributed by atoms with Crippen LogP contribution in [0.1, 0.15) is 0 Å². The highest BCUT2D eigenvalue weighted by Gasteiger charge is 2.28. The molecule has 5 nitrogen and oxygen atoms in total. The van der Waals surface area contributed by atoms with E-state index in [9.17, 15) is 8.42 Å². The minimum Gasteiger partial charge on any atom is -0.314 e. The molecular formula is C9H13Cl2N3O2S. The van der Waals surface area contributed by atoms with Crippen LogP contribution in [0.25, 0.3) is 0 Å². The van der Waals surface area contributed by atoms with Crippen molar-refractivity contribution in [2.75, 3.05) is 26.2 Å². The largest absolute Gasteiger partial charge is 0.314 e. The summed E-state index contributed by atoms with van der Waals surface area (Å²) in [6.45, 7) is 2.22. The summed E-state index contributed by atoms with van der Waals surface area (Å²) in [5, 5.41) is 3.20. The molecule has 1 aliphatic rings. The smallest absolute Gasteiger partial charge is 0.262 e. The van der Waals surface area contributed by atoms with Gasteiger partial charge in [-0.05, 0) is 12.1 Å². The molecule has 2 rings (SSSR count). The Hall–Kier alpha value is -0.400. The molecule has 0 saturated carbocycles. The average Bonchev–Trinajstić information content (AvgIpc) is 2.30. The summed E-state index contributed by atoms with van der Waals surface area (Å²) < 4.78 is 25.7. The number of rotatable bonds is 2. The molecule has 1 aromatic heterocycles. The van der Waals surface area contributed by atoms with Crippen LogP contribution in [-0.4, -0.2) is 43.9 Å². The maximum absolute atomic E-state index is 12.2. The van der Waals surface area contributed by atoms with Crippen LogP contribution >= 0.6 is 24.0 Å². The highest BCUT2D eigenvalue weighted by Crippen LogP contribution is 2.21. The topological polar surface area (TPSA) is 62.3 Å². The van der Waals surface area contributed by atoms with Crippen LogP contribution in [-0.2, 0) is 10.0 Å². The van der Waals surface area contributed by atoms with Crippen molar-refractivity contribution in [2.45, 2.75) is 5.03 Å². The van der Waals surface area contributed by atoms with Crippen LogP contribution in [0.5, 0.6) is 0 Å². The van der Waals surface area contributed by atoms with Crippen molar-refractivity contribution in [3.8, 4) is 0 Å². The first-order valence-electron chi connectivity index (χ1n) is 4.94. The van der Waals surface area contributed by atoms with Gasteiger partial charge in [-0.25, -0.2) is 13.4 Å². The zero-order chi connectivity index (χ0) is 11.6. The fraction of sp³-hybridized carbons (Fsp3) is 0.444. The van der Waals surface area contributed by atoms with Crippen LogP contribution in [0.4, 0.5) is 0 Å². The van der Waals surface area contributed by atoms with Crippen molar-refractivity contribution in [2.24, 2.45) is 0 Å². The first-order valence-corrected chi connectivity index (χ1v) is 6.75. The van der Waals surface area contributed by atoms with Crippen LogP contribution < -0.4 is 5.32 Å². The summed E-state index contributed by atoms with van der Waals surface area (Å²) in [7, 11) is -3.54. The van der Waals surface area contributed by atoms with Crippen molar-refractivity contribution < 1.29 is 8.42 Å². The van der Waals surface area contributed by atoms with Crippen LogP contribution in [0, 0.1) is 0 Å². The minimum atomic E-state index is -3.54. The second-order valence-electron chi connectivity index (χ2n) is 3.44. The maximum Gasteiger partial charge on any atom is 0.262 e. The number of nitrogens with zero attached hydrogens (tertiary/aromatic N) is 2. The van der Waals surface area contributed by atoms with E-state index in [2.05, 4.69) is 10.3 Å². The standard InChI is InChI=1S/C9H12ClN3O2S.ClH/c10-8-2-1-3-12-9(8)16(14,15)13-6-4-11-5-7-13;/h1-3,11H,4-7H2;1H. The molecule has 0 radical (unpaired) electrons. The Kier molecular flexibility index (Phi) is 5.15. The Balaban J connectivity index is 0.00000144. The number of hydrogen-bond donors (Lipinski definition) is 1. The van der Waals surface area contributed by atoms with E-state index < -0.39 is 10.0 Å². The third-order valence-corrected chi connectivity index (χ3v) is 4.66. The number of piperazine rings is 1. The first kappa shape index (κ1) is 14.7. The van der Waals surface area contributed by atoms with Gasteiger partial charge < -0.3 is 5.32 Å². The third kappa shape index (κ3) is 3.08. The predicted molar refractivity (Wildman–Crippen MR) is 68.1 cm³/mol. The van der Waals surface area contributed by atoms with E-state index in [4.69, 9.17) is 11.6 Å². The highest BCUT2D eigenvalue weighted by molar-refractivity contribution is 7.89. The molecule has 0 unspecified atom stereocenters. The van der Waals surface area contributed by atoms with E-state index in [-0.39, 0.29) is 22.5 Å². The number of halogens is 2. The molecule has 0 aliphatic carbocycles. The predicted octanol–water partition coefficient (Wildman–Crippen LogP) is 0.751. The van der Waals surface area contributed by atoms with Crippen molar-refractivity contribution in [1.82, 2.24) is 14.6 Å². The summed E-state index contributed by atoms with van der Waals surface area (Å²) in [5.41, 5.74) is 0. The summed E-state index contributed by atoms with van der Waals surface area (Å²) in [4.78, 5) is 3.84. The van der Waals surface area contributed by atoms with Gasteiger partial charge in [-0.15, -0.1) is 12.4 Å². The normalized spacial score (nSPS) is 17.5. The molecule has 0 aromatic carbocycles. The fourth-order valence-electron chi connectivity index (χ4n) is 1.57. The third-order valence-electron chi connectivity index (χ3n) is 2.38. The minimum absolute atomic E-state index is 0. The molecule has 1 N–H and O–H groups in total. The number of nitrogens with one attached hydrogen (secondary N) is 1. The monoisotopic (exact) mass is 297 g/mol. The second-order valence-corrected chi connectivity index (χ2v) is 5.70. The highest BCUT2D eigenvalue weighted by atomic mass is 35.5. The van der Waals surface area contributed by atoms with Gasteiger partial charge in [0, 0.05) is 32.4 Å². The molecule has 1 saturated heterocycles. The molecule has 1 aromatic rings. The molecule has 8 heteroatoms. The molecule has 0 spiro atoms. The van der Waals surface area contributed by atoms with Gasteiger partial charge in [0.25, 0.3) is 10.0 Å².